The van der Waals surface area contributed by atoms with Crippen LogP contribution >= 0.6 is 24.4 Å². The highest BCUT2D eigenvalue weighted by Crippen LogP contribution is 2.24. The van der Waals surface area contributed by atoms with Gasteiger partial charge >= 0.3 is 0 Å². The van der Waals surface area contributed by atoms with Gasteiger partial charge in [0.2, 0.25) is 0 Å². The monoisotopic (exact) mass is 432 g/mol. The lowest BCUT2D eigenvalue weighted by molar-refractivity contribution is 0.298. The molecular formula is C20H40N4O2S2. The van der Waals surface area contributed by atoms with Crippen LogP contribution in [0.25, 0.3) is 0 Å². The van der Waals surface area contributed by atoms with Crippen LogP contribution in [0.1, 0.15) is 65.2 Å². The maximum absolute atomic E-state index is 8.61. The molecule has 0 aromatic carbocycles. The molecular weight excluding hydrogens is 392 g/mol. The Kier molecular flexibility index (Phi) is 13.7. The Labute approximate surface area is 181 Å². The minimum absolute atomic E-state index is 0.128. The van der Waals surface area contributed by atoms with Gasteiger partial charge in [0.05, 0.1) is 13.2 Å². The fourth-order valence-electron chi connectivity index (χ4n) is 3.94. The predicted octanol–water partition coefficient (Wildman–Crippen LogP) is 2.04. The van der Waals surface area contributed by atoms with Crippen molar-refractivity contribution in [3.63, 3.8) is 0 Å². The van der Waals surface area contributed by atoms with Gasteiger partial charge in [0.1, 0.15) is 0 Å². The van der Waals surface area contributed by atoms with Crippen molar-refractivity contribution in [3.8, 4) is 0 Å². The van der Waals surface area contributed by atoms with E-state index in [2.05, 4.69) is 35.1 Å². The number of hydrogen-bond acceptors (Lipinski definition) is 4. The number of nitrogens with one attached hydrogen (secondary N) is 4. The Morgan fingerprint density at radius 3 is 1.46 bits per heavy atom. The first-order valence-corrected chi connectivity index (χ1v) is 11.6. The highest BCUT2D eigenvalue weighted by molar-refractivity contribution is 7.80. The van der Waals surface area contributed by atoms with Crippen LogP contribution in [0.15, 0.2) is 0 Å². The summed E-state index contributed by atoms with van der Waals surface area (Å²) in [7, 11) is 0. The molecule has 0 heterocycles. The molecule has 0 bridgehead atoms. The number of rotatable bonds is 6. The Hall–Kier alpha value is -0.700. The van der Waals surface area contributed by atoms with Crippen LogP contribution in [-0.2, 0) is 0 Å². The third-order valence-corrected chi connectivity index (χ3v) is 5.86. The van der Waals surface area contributed by atoms with Crippen LogP contribution < -0.4 is 21.3 Å². The highest BCUT2D eigenvalue weighted by atomic mass is 32.1. The molecule has 2 saturated carbocycles. The maximum atomic E-state index is 8.61. The quantitative estimate of drug-likeness (QED) is 0.356. The molecule has 2 aliphatic carbocycles. The highest BCUT2D eigenvalue weighted by Gasteiger charge is 2.19. The van der Waals surface area contributed by atoms with Crippen LogP contribution in [0, 0.1) is 11.8 Å². The average Bonchev–Trinajstić information content (AvgIpc) is 2.65. The van der Waals surface area contributed by atoms with E-state index in [9.17, 15) is 0 Å². The summed E-state index contributed by atoms with van der Waals surface area (Å²) >= 11 is 10.2. The summed E-state index contributed by atoms with van der Waals surface area (Å²) in [6.07, 6.45) is 10.1. The molecule has 2 rings (SSSR count). The molecule has 164 valence electrons. The lowest BCUT2D eigenvalue weighted by Crippen LogP contribution is -2.44. The molecule has 2 fully saturated rings. The average molecular weight is 433 g/mol. The van der Waals surface area contributed by atoms with Crippen LogP contribution in [0.2, 0.25) is 0 Å². The van der Waals surface area contributed by atoms with E-state index in [0.29, 0.717) is 35.4 Å². The van der Waals surface area contributed by atoms with Gasteiger partial charge in [-0.05, 0) is 62.0 Å². The molecule has 0 radical (unpaired) electrons. The summed E-state index contributed by atoms with van der Waals surface area (Å²) in [5.74, 6) is 1.61. The topological polar surface area (TPSA) is 88.6 Å². The van der Waals surface area contributed by atoms with Crippen molar-refractivity contribution in [1.82, 2.24) is 21.3 Å². The lowest BCUT2D eigenvalue weighted by Gasteiger charge is -2.28. The van der Waals surface area contributed by atoms with Crippen molar-refractivity contribution in [2.75, 3.05) is 26.3 Å². The normalized spacial score (nSPS) is 27.0. The van der Waals surface area contributed by atoms with Gasteiger partial charge in [0, 0.05) is 25.2 Å². The second-order valence-electron chi connectivity index (χ2n) is 8.19. The summed E-state index contributed by atoms with van der Waals surface area (Å²) in [6, 6.07) is 1.05. The minimum Gasteiger partial charge on any atom is -0.395 e. The molecule has 1 unspecified atom stereocenters. The first-order valence-electron chi connectivity index (χ1n) is 10.7. The molecule has 0 saturated heterocycles. The molecule has 6 N–H and O–H groups in total. The fourth-order valence-corrected chi connectivity index (χ4v) is 4.48. The standard InChI is InChI=1S/2C10H20N2OS/c2*1-8-3-2-4-9(7-8)12-10(14)11-5-6-13/h2*8-9,13H,2-7H2,1H3,(H2,11,12,14)/t8-,9?;8-,9-/m00/s1. The molecule has 0 aliphatic heterocycles. The van der Waals surface area contributed by atoms with Crippen molar-refractivity contribution in [2.24, 2.45) is 11.8 Å². The first-order chi connectivity index (χ1) is 13.4. The fraction of sp³-hybridized carbons (Fsp3) is 0.900. The summed E-state index contributed by atoms with van der Waals surface area (Å²) in [6.45, 7) is 5.91. The van der Waals surface area contributed by atoms with Gasteiger partial charge in [0.15, 0.2) is 10.2 Å². The van der Waals surface area contributed by atoms with Crippen molar-refractivity contribution in [3.05, 3.63) is 0 Å². The van der Waals surface area contributed by atoms with Gasteiger partial charge in [-0.3, -0.25) is 0 Å². The summed E-state index contributed by atoms with van der Waals surface area (Å²) in [4.78, 5) is 0. The van der Waals surface area contributed by atoms with E-state index in [-0.39, 0.29) is 13.2 Å². The maximum Gasteiger partial charge on any atom is 0.166 e. The van der Waals surface area contributed by atoms with Gasteiger partial charge in [-0.1, -0.05) is 39.5 Å². The van der Waals surface area contributed by atoms with Gasteiger partial charge in [-0.15, -0.1) is 0 Å². The first kappa shape index (κ1) is 25.3. The third-order valence-electron chi connectivity index (χ3n) is 5.34. The van der Waals surface area contributed by atoms with E-state index in [1.807, 2.05) is 0 Å². The van der Waals surface area contributed by atoms with E-state index >= 15 is 0 Å². The second-order valence-corrected chi connectivity index (χ2v) is 9.00. The summed E-state index contributed by atoms with van der Waals surface area (Å²) in [5.41, 5.74) is 0. The van der Waals surface area contributed by atoms with Crippen LogP contribution in [0.3, 0.4) is 0 Å². The van der Waals surface area contributed by atoms with E-state index in [1.165, 1.54) is 51.4 Å². The smallest absolute Gasteiger partial charge is 0.166 e. The number of aliphatic hydroxyl groups is 2. The van der Waals surface area contributed by atoms with Gasteiger partial charge in [-0.2, -0.15) is 0 Å². The van der Waals surface area contributed by atoms with Crippen molar-refractivity contribution < 1.29 is 10.2 Å². The van der Waals surface area contributed by atoms with E-state index in [4.69, 9.17) is 34.6 Å². The molecule has 8 heteroatoms. The molecule has 0 amide bonds. The van der Waals surface area contributed by atoms with E-state index in [0.717, 1.165) is 11.8 Å². The molecule has 0 aromatic rings. The second kappa shape index (κ2) is 15.2. The van der Waals surface area contributed by atoms with Crippen LogP contribution in [0.5, 0.6) is 0 Å². The largest absolute Gasteiger partial charge is 0.395 e. The summed E-state index contributed by atoms with van der Waals surface area (Å²) in [5, 5.41) is 31.1. The molecule has 28 heavy (non-hydrogen) atoms. The van der Waals surface area contributed by atoms with Crippen LogP contribution in [-0.4, -0.2) is 58.8 Å². The third kappa shape index (κ3) is 12.0. The Morgan fingerprint density at radius 1 is 0.750 bits per heavy atom. The van der Waals surface area contributed by atoms with Crippen molar-refractivity contribution in [2.45, 2.75) is 77.3 Å². The molecule has 0 spiro atoms. The SMILES string of the molecule is C[C@H]1CCCC(NC(=S)NCCO)C1.C[C@H]1CCC[C@H](NC(=S)NCCO)C1. The van der Waals surface area contributed by atoms with E-state index < -0.39 is 0 Å². The lowest BCUT2D eigenvalue weighted by atomic mass is 9.87. The van der Waals surface area contributed by atoms with Gasteiger partial charge in [0.25, 0.3) is 0 Å². The van der Waals surface area contributed by atoms with Crippen molar-refractivity contribution >= 4 is 34.7 Å². The number of thiocarbonyl (C=S) groups is 2. The zero-order valence-corrected chi connectivity index (χ0v) is 19.1. The molecule has 0 aromatic heterocycles. The van der Waals surface area contributed by atoms with E-state index in [1.54, 1.807) is 0 Å². The number of hydrogen-bond donors (Lipinski definition) is 6. The van der Waals surface area contributed by atoms with Gasteiger partial charge in [-0.25, -0.2) is 0 Å². The molecule has 2 aliphatic rings. The Bertz CT molecular complexity index is 414. The minimum atomic E-state index is 0.128. The zero-order chi connectivity index (χ0) is 20.8. The Morgan fingerprint density at radius 2 is 1.14 bits per heavy atom. The molecule has 6 nitrogen and oxygen atoms in total. The zero-order valence-electron chi connectivity index (χ0n) is 17.5. The number of aliphatic hydroxyl groups excluding tert-OH is 2. The summed E-state index contributed by atoms with van der Waals surface area (Å²) < 4.78 is 0. The van der Waals surface area contributed by atoms with Crippen LogP contribution in [0.4, 0.5) is 0 Å². The molecule has 4 atom stereocenters. The van der Waals surface area contributed by atoms with Crippen molar-refractivity contribution in [1.29, 1.82) is 0 Å². The van der Waals surface area contributed by atoms with Gasteiger partial charge < -0.3 is 31.5 Å². The predicted molar refractivity (Wildman–Crippen MR) is 124 cm³/mol. The Balaban J connectivity index is 0.000000280.